The van der Waals surface area contributed by atoms with Crippen LogP contribution in [0.4, 0.5) is 0 Å². The van der Waals surface area contributed by atoms with Gasteiger partial charge in [-0.15, -0.1) is 0 Å². The van der Waals surface area contributed by atoms with Crippen LogP contribution in [0, 0.1) is 5.92 Å². The Morgan fingerprint density at radius 1 is 1.47 bits per heavy atom. The molecule has 0 aliphatic carbocycles. The van der Waals surface area contributed by atoms with Crippen molar-refractivity contribution < 1.29 is 8.42 Å². The Balaban J connectivity index is 2.92. The Labute approximate surface area is 124 Å². The molecule has 1 aromatic carbocycles. The first-order valence-electron chi connectivity index (χ1n) is 5.76. The number of thioether (sulfide) groups is 1. The number of sulfonamides is 1. The third kappa shape index (κ3) is 4.76. The van der Waals surface area contributed by atoms with Crippen molar-refractivity contribution >= 4 is 39.0 Å². The minimum absolute atomic E-state index is 0.0816. The molecule has 0 aromatic heterocycles. The van der Waals surface area contributed by atoms with E-state index in [4.69, 9.17) is 18.0 Å². The van der Waals surface area contributed by atoms with E-state index in [0.717, 1.165) is 5.75 Å². The fourth-order valence-electron chi connectivity index (χ4n) is 1.58. The minimum Gasteiger partial charge on any atom is -0.389 e. The Bertz CT molecular complexity index is 544. The van der Waals surface area contributed by atoms with E-state index in [9.17, 15) is 8.42 Å². The highest BCUT2D eigenvalue weighted by atomic mass is 32.2. The van der Waals surface area contributed by atoms with Crippen LogP contribution in [0.3, 0.4) is 0 Å². The number of hydrogen-bond donors (Lipinski definition) is 2. The van der Waals surface area contributed by atoms with Gasteiger partial charge in [0.05, 0.1) is 4.90 Å². The maximum absolute atomic E-state index is 12.2. The Kier molecular flexibility index (Phi) is 6.25. The van der Waals surface area contributed by atoms with Crippen LogP contribution in [0.2, 0.25) is 0 Å². The minimum atomic E-state index is -3.58. The summed E-state index contributed by atoms with van der Waals surface area (Å²) in [6.45, 7) is 2.40. The van der Waals surface area contributed by atoms with Crippen molar-refractivity contribution in [2.45, 2.75) is 11.8 Å². The van der Waals surface area contributed by atoms with E-state index in [0.29, 0.717) is 12.1 Å². The molecular formula is C12H18N2O2S3. The summed E-state index contributed by atoms with van der Waals surface area (Å²) in [4.78, 5) is 0.219. The summed E-state index contributed by atoms with van der Waals surface area (Å²) in [5.41, 5.74) is 5.93. The van der Waals surface area contributed by atoms with Crippen LogP contribution in [-0.4, -0.2) is 32.0 Å². The van der Waals surface area contributed by atoms with Gasteiger partial charge < -0.3 is 5.73 Å². The van der Waals surface area contributed by atoms with Crippen molar-refractivity contribution in [2.75, 3.05) is 18.6 Å². The summed E-state index contributed by atoms with van der Waals surface area (Å²) in [6, 6.07) is 6.49. The van der Waals surface area contributed by atoms with Gasteiger partial charge in [-0.25, -0.2) is 13.1 Å². The van der Waals surface area contributed by atoms with E-state index in [-0.39, 0.29) is 15.8 Å². The van der Waals surface area contributed by atoms with Gasteiger partial charge in [-0.05, 0) is 24.0 Å². The van der Waals surface area contributed by atoms with Crippen LogP contribution in [0.1, 0.15) is 12.5 Å². The number of nitrogens with two attached hydrogens (primary N) is 1. The maximum atomic E-state index is 12.2. The predicted molar refractivity (Wildman–Crippen MR) is 85.1 cm³/mol. The zero-order valence-corrected chi connectivity index (χ0v) is 13.4. The van der Waals surface area contributed by atoms with Crippen LogP contribution in [0.25, 0.3) is 0 Å². The highest BCUT2D eigenvalue weighted by molar-refractivity contribution is 7.98. The van der Waals surface area contributed by atoms with Gasteiger partial charge in [0.15, 0.2) is 0 Å². The lowest BCUT2D eigenvalue weighted by atomic mass is 10.2. The average molecular weight is 318 g/mol. The van der Waals surface area contributed by atoms with Gasteiger partial charge in [-0.2, -0.15) is 11.8 Å². The second-order valence-corrected chi connectivity index (χ2v) is 7.36. The molecule has 1 aromatic rings. The lowest BCUT2D eigenvalue weighted by Crippen LogP contribution is -2.30. The monoisotopic (exact) mass is 318 g/mol. The molecule has 0 saturated carbocycles. The van der Waals surface area contributed by atoms with Crippen LogP contribution in [-0.2, 0) is 10.0 Å². The molecule has 0 spiro atoms. The summed E-state index contributed by atoms with van der Waals surface area (Å²) < 4.78 is 27.1. The molecule has 19 heavy (non-hydrogen) atoms. The largest absolute Gasteiger partial charge is 0.389 e. The van der Waals surface area contributed by atoms with Gasteiger partial charge in [0.1, 0.15) is 4.99 Å². The molecule has 0 amide bonds. The molecule has 1 unspecified atom stereocenters. The molecule has 4 nitrogen and oxygen atoms in total. The van der Waals surface area contributed by atoms with Gasteiger partial charge in [0.25, 0.3) is 0 Å². The van der Waals surface area contributed by atoms with Gasteiger partial charge in [-0.3, -0.25) is 0 Å². The van der Waals surface area contributed by atoms with Crippen LogP contribution in [0.5, 0.6) is 0 Å². The predicted octanol–water partition coefficient (Wildman–Crippen LogP) is 1.60. The molecule has 7 heteroatoms. The van der Waals surface area contributed by atoms with E-state index in [2.05, 4.69) is 4.72 Å². The van der Waals surface area contributed by atoms with Crippen molar-refractivity contribution in [1.82, 2.24) is 4.72 Å². The lowest BCUT2D eigenvalue weighted by molar-refractivity contribution is 0.562. The molecular weight excluding hydrogens is 300 g/mol. The first kappa shape index (κ1) is 16.4. The second-order valence-electron chi connectivity index (χ2n) is 4.27. The lowest BCUT2D eigenvalue weighted by Gasteiger charge is -2.13. The molecule has 3 N–H and O–H groups in total. The third-order valence-corrected chi connectivity index (χ3v) is 5.12. The summed E-state index contributed by atoms with van der Waals surface area (Å²) >= 11 is 6.57. The van der Waals surface area contributed by atoms with Crippen LogP contribution in [0.15, 0.2) is 29.2 Å². The summed E-state index contributed by atoms with van der Waals surface area (Å²) in [7, 11) is -3.58. The van der Waals surface area contributed by atoms with E-state index >= 15 is 0 Å². The Hall–Kier alpha value is -0.630. The quantitative estimate of drug-likeness (QED) is 0.747. The Morgan fingerprint density at radius 3 is 2.68 bits per heavy atom. The zero-order chi connectivity index (χ0) is 14.5. The zero-order valence-electron chi connectivity index (χ0n) is 10.9. The van der Waals surface area contributed by atoms with Crippen molar-refractivity contribution in [3.05, 3.63) is 29.8 Å². The third-order valence-electron chi connectivity index (χ3n) is 2.52. The fourth-order valence-corrected chi connectivity index (χ4v) is 3.89. The molecule has 0 bridgehead atoms. The standard InChI is InChI=1S/C12H18N2O2S3/c1-9(8-18-2)7-14-19(15,16)11-6-4-3-5-10(11)12(13)17/h3-6,9,14H,7-8H2,1-2H3,(H2,13,17). The van der Waals surface area contributed by atoms with Gasteiger partial charge in [-0.1, -0.05) is 37.3 Å². The smallest absolute Gasteiger partial charge is 0.241 e. The van der Waals surface area contributed by atoms with Crippen molar-refractivity contribution in [2.24, 2.45) is 11.7 Å². The molecule has 0 aliphatic heterocycles. The van der Waals surface area contributed by atoms with Gasteiger partial charge in [0, 0.05) is 12.1 Å². The summed E-state index contributed by atoms with van der Waals surface area (Å²) in [5, 5.41) is 0. The van der Waals surface area contributed by atoms with Crippen molar-refractivity contribution in [3.63, 3.8) is 0 Å². The first-order valence-corrected chi connectivity index (χ1v) is 9.04. The fraction of sp³-hybridized carbons (Fsp3) is 0.417. The molecule has 0 fully saturated rings. The molecule has 0 heterocycles. The number of thiocarbonyl (C=S) groups is 1. The second kappa shape index (κ2) is 7.23. The number of benzene rings is 1. The number of nitrogens with one attached hydrogen (secondary N) is 1. The SMILES string of the molecule is CSCC(C)CNS(=O)(=O)c1ccccc1C(N)=S. The highest BCUT2D eigenvalue weighted by Gasteiger charge is 2.19. The van der Waals surface area contributed by atoms with Gasteiger partial charge >= 0.3 is 0 Å². The van der Waals surface area contributed by atoms with Gasteiger partial charge in [0.2, 0.25) is 10.0 Å². The molecule has 0 aliphatic rings. The van der Waals surface area contributed by atoms with E-state index in [1.165, 1.54) is 6.07 Å². The number of rotatable bonds is 7. The van der Waals surface area contributed by atoms with E-state index in [1.54, 1.807) is 30.0 Å². The average Bonchev–Trinajstić information content (AvgIpc) is 2.37. The van der Waals surface area contributed by atoms with Crippen molar-refractivity contribution in [1.29, 1.82) is 0 Å². The first-order chi connectivity index (χ1) is 8.88. The topological polar surface area (TPSA) is 72.2 Å². The van der Waals surface area contributed by atoms with Crippen LogP contribution >= 0.6 is 24.0 Å². The normalized spacial score (nSPS) is 13.2. The molecule has 1 rings (SSSR count). The summed E-state index contributed by atoms with van der Waals surface area (Å²) in [6.07, 6.45) is 1.99. The number of hydrogen-bond acceptors (Lipinski definition) is 4. The van der Waals surface area contributed by atoms with Crippen molar-refractivity contribution in [3.8, 4) is 0 Å². The van der Waals surface area contributed by atoms with E-state index in [1.807, 2.05) is 13.2 Å². The molecule has 1 atom stereocenters. The molecule has 0 saturated heterocycles. The van der Waals surface area contributed by atoms with E-state index < -0.39 is 10.0 Å². The summed E-state index contributed by atoms with van der Waals surface area (Å²) in [5.74, 6) is 1.17. The van der Waals surface area contributed by atoms with Crippen LogP contribution < -0.4 is 10.5 Å². The maximum Gasteiger partial charge on any atom is 0.241 e. The highest BCUT2D eigenvalue weighted by Crippen LogP contribution is 2.15. The molecule has 106 valence electrons. The Morgan fingerprint density at radius 2 is 2.11 bits per heavy atom. The molecule has 0 radical (unpaired) electrons.